The van der Waals surface area contributed by atoms with Crippen molar-refractivity contribution in [3.05, 3.63) is 170 Å². The van der Waals surface area contributed by atoms with Crippen LogP contribution in [0.25, 0.3) is 50.0 Å². The van der Waals surface area contributed by atoms with Crippen LogP contribution in [0.2, 0.25) is 0 Å². The minimum Gasteiger partial charge on any atom is -0.466 e. The molecule has 8 rings (SSSR count). The number of rotatable bonds is 7. The first-order chi connectivity index (χ1) is 24.3. The van der Waals surface area contributed by atoms with Gasteiger partial charge in [-0.3, -0.25) is 4.57 Å². The topological polar surface area (TPSA) is 39.9 Å². The molecule has 0 spiro atoms. The van der Waals surface area contributed by atoms with Crippen molar-refractivity contribution in [2.24, 2.45) is 0 Å². The van der Waals surface area contributed by atoms with E-state index in [-0.39, 0.29) is 33.2 Å². The molecule has 6 heteroatoms. The van der Waals surface area contributed by atoms with Crippen LogP contribution >= 0.6 is 0 Å². The molecular weight excluding hydrogens is 804 g/mol. The summed E-state index contributed by atoms with van der Waals surface area (Å²) in [7, 11) is 0. The number of hydrogen-bond donors (Lipinski definition) is 0. The molecule has 0 N–H and O–H groups in total. The van der Waals surface area contributed by atoms with Gasteiger partial charge in [-0.1, -0.05) is 123 Å². The first-order valence-electron chi connectivity index (χ1n) is 17.0. The van der Waals surface area contributed by atoms with Crippen LogP contribution in [0.5, 0.6) is 11.6 Å². The molecule has 0 aliphatic heterocycles. The predicted octanol–water partition coefficient (Wildman–Crippen LogP) is 9.78. The van der Waals surface area contributed by atoms with Crippen molar-refractivity contribution >= 4 is 39.6 Å². The zero-order chi connectivity index (χ0) is 34.2. The Bertz CT molecular complexity index is 2410. The van der Waals surface area contributed by atoms with Crippen LogP contribution in [-0.2, 0) is 26.5 Å². The number of aromatic nitrogens is 3. The summed E-state index contributed by atoms with van der Waals surface area (Å²) >= 11 is 0. The summed E-state index contributed by atoms with van der Waals surface area (Å²) in [4.78, 5) is 9.88. The summed E-state index contributed by atoms with van der Waals surface area (Å²) in [5.41, 5.74) is 9.70. The van der Waals surface area contributed by atoms with Gasteiger partial charge in [0.05, 0.1) is 5.52 Å². The normalized spacial score (nSPS) is 11.4. The Kier molecular flexibility index (Phi) is 9.51. The summed E-state index contributed by atoms with van der Waals surface area (Å²) in [6.07, 6.45) is 1.88. The van der Waals surface area contributed by atoms with Crippen LogP contribution in [0.3, 0.4) is 0 Å². The summed E-state index contributed by atoms with van der Waals surface area (Å²) in [5.74, 6) is 1.89. The van der Waals surface area contributed by atoms with Gasteiger partial charge < -0.3 is 11.6 Å². The average Bonchev–Trinajstić information content (AvgIpc) is 3.48. The monoisotopic (exact) mass is 840 g/mol. The molecule has 0 fully saturated rings. The van der Waals surface area contributed by atoms with E-state index in [1.54, 1.807) is 0 Å². The van der Waals surface area contributed by atoms with Crippen molar-refractivity contribution in [2.45, 2.75) is 26.2 Å². The third-order valence-corrected chi connectivity index (χ3v) is 9.34. The van der Waals surface area contributed by atoms with Crippen molar-refractivity contribution < 1.29 is 25.8 Å². The second-order valence-corrected chi connectivity index (χ2v) is 13.6. The second kappa shape index (κ2) is 14.2. The molecule has 8 aromatic rings. The Balaban J connectivity index is 0.00000406. The van der Waals surface area contributed by atoms with Gasteiger partial charge in [-0.25, -0.2) is 10.4 Å². The number of nitrogens with zero attached hydrogens (tertiary/aromatic N) is 3. The molecular formula is C45H36BN3OPt. The predicted molar refractivity (Wildman–Crippen MR) is 208 cm³/mol. The van der Waals surface area contributed by atoms with E-state index in [2.05, 4.69) is 147 Å². The van der Waals surface area contributed by atoms with E-state index < -0.39 is 0 Å². The summed E-state index contributed by atoms with van der Waals surface area (Å²) in [6, 6.07) is 53.7. The van der Waals surface area contributed by atoms with Gasteiger partial charge in [0, 0.05) is 35.5 Å². The molecule has 250 valence electrons. The summed E-state index contributed by atoms with van der Waals surface area (Å²) < 4.78 is 8.61. The third kappa shape index (κ3) is 6.67. The van der Waals surface area contributed by atoms with Crippen LogP contribution in [-0.4, -0.2) is 21.2 Å². The van der Waals surface area contributed by atoms with Gasteiger partial charge in [0.2, 0.25) is 5.88 Å². The average molecular weight is 841 g/mol. The maximum Gasteiger partial charge on any atom is 2.00 e. The quantitative estimate of drug-likeness (QED) is 0.119. The Morgan fingerprint density at radius 1 is 0.686 bits per heavy atom. The largest absolute Gasteiger partial charge is 2.00 e. The summed E-state index contributed by atoms with van der Waals surface area (Å²) in [5, 5.41) is 2.15. The molecule has 0 amide bonds. The Labute approximate surface area is 314 Å². The fraction of sp³-hybridized carbons (Fsp3) is 0.0889. The molecule has 0 radical (unpaired) electrons. The second-order valence-electron chi connectivity index (χ2n) is 13.6. The van der Waals surface area contributed by atoms with E-state index in [0.29, 0.717) is 11.6 Å². The molecule has 0 unspecified atom stereocenters. The van der Waals surface area contributed by atoms with Gasteiger partial charge in [0.1, 0.15) is 5.82 Å². The molecule has 0 atom stereocenters. The zero-order valence-electron chi connectivity index (χ0n) is 28.8. The molecule has 0 saturated carbocycles. The van der Waals surface area contributed by atoms with E-state index >= 15 is 0 Å². The van der Waals surface area contributed by atoms with Crippen LogP contribution < -0.4 is 15.7 Å². The van der Waals surface area contributed by atoms with Gasteiger partial charge >= 0.3 is 21.1 Å². The van der Waals surface area contributed by atoms with Gasteiger partial charge in [-0.2, -0.15) is 17.1 Å². The molecule has 0 aliphatic rings. The Hall–Kier alpha value is -5.25. The number of benzene rings is 5. The van der Waals surface area contributed by atoms with E-state index in [1.165, 1.54) is 5.56 Å². The van der Waals surface area contributed by atoms with Crippen LogP contribution in [0.4, 0.5) is 0 Å². The maximum atomic E-state index is 6.48. The fourth-order valence-corrected chi connectivity index (χ4v) is 6.79. The number of fused-ring (bicyclic) bond motifs is 3. The van der Waals surface area contributed by atoms with Crippen molar-refractivity contribution in [3.63, 3.8) is 0 Å². The van der Waals surface area contributed by atoms with E-state index in [1.807, 2.05) is 36.5 Å². The van der Waals surface area contributed by atoms with Crippen LogP contribution in [0.15, 0.2) is 152 Å². The van der Waals surface area contributed by atoms with E-state index in [0.717, 1.165) is 60.9 Å². The standard InChI is InChI=1S/C45H36BN3O.Pt/c1-45(2,3)33-27-28-47-41(29-33)49-40-24-12-11-21-38(40)39-25-26-42(48-44(39)49)50-35-20-13-19-34(30-35)46(4)43-36(31-15-7-5-8-16-31)22-14-23-37(43)32-17-9-6-10-18-32;/h5-29H,4H2,1-3H3;/q-2;+2. The number of pyridine rings is 2. The smallest absolute Gasteiger partial charge is 0.466 e. The molecule has 0 saturated heterocycles. The molecule has 0 aliphatic carbocycles. The van der Waals surface area contributed by atoms with Crippen molar-refractivity contribution in [2.75, 3.05) is 0 Å². The van der Waals surface area contributed by atoms with Gasteiger partial charge in [0.15, 0.2) is 5.65 Å². The number of para-hydroxylation sites is 1. The number of hydrogen-bond acceptors (Lipinski definition) is 3. The maximum absolute atomic E-state index is 6.48. The van der Waals surface area contributed by atoms with Gasteiger partial charge in [-0.15, -0.1) is 12.1 Å². The molecule has 3 aromatic heterocycles. The zero-order valence-corrected chi connectivity index (χ0v) is 31.1. The minimum atomic E-state index is -0.218. The Morgan fingerprint density at radius 3 is 2.02 bits per heavy atom. The summed E-state index contributed by atoms with van der Waals surface area (Å²) in [6.45, 7) is 11.1. The molecule has 4 nitrogen and oxygen atoms in total. The molecule has 5 aromatic carbocycles. The fourth-order valence-electron chi connectivity index (χ4n) is 6.79. The van der Waals surface area contributed by atoms with Gasteiger partial charge in [-0.05, 0) is 57.5 Å². The van der Waals surface area contributed by atoms with Crippen LogP contribution in [0, 0.1) is 12.9 Å². The minimum absolute atomic E-state index is 0. The van der Waals surface area contributed by atoms with Crippen LogP contribution in [0.1, 0.15) is 26.3 Å². The van der Waals surface area contributed by atoms with Crippen molar-refractivity contribution in [1.82, 2.24) is 14.5 Å². The molecule has 3 heterocycles. The first kappa shape index (κ1) is 34.2. The number of ether oxygens (including phenoxy) is 1. The molecule has 0 bridgehead atoms. The third-order valence-electron chi connectivity index (χ3n) is 9.34. The molecule has 51 heavy (non-hydrogen) atoms. The SMILES string of the molecule is [CH2-]B(c1[c-]c(Oc2ccc3c4ccccc4n(-c4cc(C(C)(C)C)ccn4)c3n2)ccc1)c1c(-c2ccccc2)cccc1-c1ccccc1.[Pt+2]. The van der Waals surface area contributed by atoms with E-state index in [9.17, 15) is 0 Å². The first-order valence-corrected chi connectivity index (χ1v) is 17.0. The van der Waals surface area contributed by atoms with Crippen molar-refractivity contribution in [3.8, 4) is 39.7 Å². The van der Waals surface area contributed by atoms with Crippen molar-refractivity contribution in [1.29, 1.82) is 0 Å². The Morgan fingerprint density at radius 2 is 1.33 bits per heavy atom. The van der Waals surface area contributed by atoms with E-state index in [4.69, 9.17) is 21.5 Å². The van der Waals surface area contributed by atoms with Gasteiger partial charge in [0.25, 0.3) is 0 Å².